The van der Waals surface area contributed by atoms with Gasteiger partial charge in [0.1, 0.15) is 24.5 Å². The Labute approximate surface area is 200 Å². The van der Waals surface area contributed by atoms with Crippen molar-refractivity contribution >= 4 is 50.7 Å². The molecular formula is C21H16BrCl2F3O5. The molecule has 0 saturated carbocycles. The van der Waals surface area contributed by atoms with E-state index in [0.29, 0.717) is 11.1 Å². The number of aliphatic carboxylic acids is 1. The molecule has 0 aliphatic rings. The summed E-state index contributed by atoms with van der Waals surface area (Å²) in [6, 6.07) is 9.47. The normalized spacial score (nSPS) is 12.5. The predicted molar refractivity (Wildman–Crippen MR) is 118 cm³/mol. The Morgan fingerprint density at radius 2 is 1.78 bits per heavy atom. The topological polar surface area (TPSA) is 65.0 Å². The van der Waals surface area contributed by atoms with Gasteiger partial charge in [-0.1, -0.05) is 47.5 Å². The van der Waals surface area contributed by atoms with E-state index in [1.54, 1.807) is 24.3 Å². The molecule has 0 aliphatic carbocycles. The molecular weight excluding hydrogens is 540 g/mol. The van der Waals surface area contributed by atoms with Crippen molar-refractivity contribution in [3.63, 3.8) is 0 Å². The summed E-state index contributed by atoms with van der Waals surface area (Å²) in [6.45, 7) is -0.435. The fraction of sp³-hybridized carbons (Fsp3) is 0.190. The van der Waals surface area contributed by atoms with Crippen LogP contribution in [0.5, 0.6) is 11.5 Å². The van der Waals surface area contributed by atoms with Gasteiger partial charge in [-0.05, 0) is 33.1 Å². The van der Waals surface area contributed by atoms with Crippen molar-refractivity contribution < 1.29 is 37.3 Å². The summed E-state index contributed by atoms with van der Waals surface area (Å²) in [7, 11) is 1.34. The molecule has 0 radical (unpaired) electrons. The van der Waals surface area contributed by atoms with Crippen LogP contribution in [0.2, 0.25) is 10.0 Å². The van der Waals surface area contributed by atoms with Crippen molar-refractivity contribution in [3.05, 3.63) is 74.4 Å². The third kappa shape index (κ3) is 7.08. The summed E-state index contributed by atoms with van der Waals surface area (Å²) >= 11 is 14.7. The molecule has 0 unspecified atom stereocenters. The SMILES string of the molecule is COC=C(C(=O)O)c1ccccc1COc1cc(Cl)c(OCC=C(Br)C(F)(F)F)c(Cl)c1. The molecule has 0 fully saturated rings. The van der Waals surface area contributed by atoms with E-state index in [2.05, 4.69) is 15.9 Å². The number of allylic oxidation sites excluding steroid dienone is 1. The van der Waals surface area contributed by atoms with Crippen LogP contribution in [0, 0.1) is 0 Å². The molecule has 0 atom stereocenters. The minimum absolute atomic E-state index is 0.00370. The predicted octanol–water partition coefficient (Wildman–Crippen LogP) is 6.86. The lowest BCUT2D eigenvalue weighted by molar-refractivity contribution is -0.130. The molecule has 32 heavy (non-hydrogen) atoms. The molecule has 5 nitrogen and oxygen atoms in total. The molecule has 0 aliphatic heterocycles. The number of ether oxygens (including phenoxy) is 3. The maximum Gasteiger partial charge on any atom is 0.422 e. The van der Waals surface area contributed by atoms with Gasteiger partial charge in [-0.2, -0.15) is 13.2 Å². The number of alkyl halides is 3. The lowest BCUT2D eigenvalue weighted by Crippen LogP contribution is -2.08. The van der Waals surface area contributed by atoms with Crippen molar-refractivity contribution in [2.45, 2.75) is 12.8 Å². The van der Waals surface area contributed by atoms with Gasteiger partial charge in [-0.25, -0.2) is 4.79 Å². The average molecular weight is 556 g/mol. The summed E-state index contributed by atoms with van der Waals surface area (Å²) in [5, 5.41) is 9.47. The zero-order valence-corrected chi connectivity index (χ0v) is 19.5. The molecule has 0 aromatic heterocycles. The van der Waals surface area contributed by atoms with E-state index in [9.17, 15) is 23.1 Å². The van der Waals surface area contributed by atoms with Gasteiger partial charge in [0.15, 0.2) is 5.75 Å². The van der Waals surface area contributed by atoms with Crippen LogP contribution < -0.4 is 9.47 Å². The van der Waals surface area contributed by atoms with Crippen LogP contribution in [0.25, 0.3) is 5.57 Å². The lowest BCUT2D eigenvalue weighted by atomic mass is 10.0. The monoisotopic (exact) mass is 554 g/mol. The minimum Gasteiger partial charge on any atom is -0.503 e. The second-order valence-electron chi connectivity index (χ2n) is 6.10. The maximum absolute atomic E-state index is 12.5. The zero-order chi connectivity index (χ0) is 23.9. The highest BCUT2D eigenvalue weighted by Gasteiger charge is 2.31. The smallest absolute Gasteiger partial charge is 0.422 e. The Balaban J connectivity index is 2.16. The molecule has 0 spiro atoms. The van der Waals surface area contributed by atoms with Crippen LogP contribution in [0.4, 0.5) is 13.2 Å². The Morgan fingerprint density at radius 3 is 2.34 bits per heavy atom. The number of carbonyl (C=O) groups is 1. The number of benzene rings is 2. The Bertz CT molecular complexity index is 1020. The van der Waals surface area contributed by atoms with Gasteiger partial charge in [0.2, 0.25) is 0 Å². The van der Waals surface area contributed by atoms with Crippen LogP contribution in [0.1, 0.15) is 11.1 Å². The van der Waals surface area contributed by atoms with E-state index in [0.717, 1.165) is 12.3 Å². The van der Waals surface area contributed by atoms with Crippen LogP contribution in [0.3, 0.4) is 0 Å². The number of carboxylic acid groups (broad SMARTS) is 1. The van der Waals surface area contributed by atoms with Gasteiger partial charge in [0.25, 0.3) is 0 Å². The minimum atomic E-state index is -4.52. The number of rotatable bonds is 9. The van der Waals surface area contributed by atoms with Crippen molar-refractivity contribution in [1.82, 2.24) is 0 Å². The summed E-state index contributed by atoms with van der Waals surface area (Å²) in [6.07, 6.45) is -2.61. The van der Waals surface area contributed by atoms with Crippen molar-refractivity contribution in [1.29, 1.82) is 0 Å². The molecule has 2 aromatic rings. The first kappa shape index (κ1) is 25.9. The third-order valence-corrected chi connectivity index (χ3v) is 5.24. The van der Waals surface area contributed by atoms with Gasteiger partial charge in [0, 0.05) is 12.1 Å². The van der Waals surface area contributed by atoms with E-state index < -0.39 is 23.2 Å². The second kappa shape index (κ2) is 11.5. The molecule has 2 rings (SSSR count). The number of methoxy groups -OCH3 is 1. The molecule has 11 heteroatoms. The van der Waals surface area contributed by atoms with E-state index in [1.807, 2.05) is 0 Å². The summed E-state index contributed by atoms with van der Waals surface area (Å²) in [4.78, 5) is 11.5. The summed E-state index contributed by atoms with van der Waals surface area (Å²) < 4.78 is 52.3. The van der Waals surface area contributed by atoms with Crippen LogP contribution in [0.15, 0.2) is 53.2 Å². The number of hydrogen-bond donors (Lipinski definition) is 1. The number of halogens is 6. The third-order valence-electron chi connectivity index (χ3n) is 3.90. The van der Waals surface area contributed by atoms with Crippen molar-refractivity contribution in [2.75, 3.05) is 13.7 Å². The lowest BCUT2D eigenvalue weighted by Gasteiger charge is -2.14. The first-order valence-corrected chi connectivity index (χ1v) is 10.3. The highest BCUT2D eigenvalue weighted by molar-refractivity contribution is 9.11. The fourth-order valence-electron chi connectivity index (χ4n) is 2.49. The zero-order valence-electron chi connectivity index (χ0n) is 16.4. The Morgan fingerprint density at radius 1 is 1.16 bits per heavy atom. The van der Waals surface area contributed by atoms with E-state index in [1.165, 1.54) is 19.2 Å². The van der Waals surface area contributed by atoms with E-state index in [4.69, 9.17) is 37.4 Å². The van der Waals surface area contributed by atoms with Gasteiger partial charge in [0.05, 0.1) is 27.9 Å². The fourth-order valence-corrected chi connectivity index (χ4v) is 3.20. The maximum atomic E-state index is 12.5. The molecule has 172 valence electrons. The largest absolute Gasteiger partial charge is 0.503 e. The molecule has 0 amide bonds. The van der Waals surface area contributed by atoms with Gasteiger partial charge in [-0.3, -0.25) is 0 Å². The molecule has 0 saturated heterocycles. The average Bonchev–Trinajstić information content (AvgIpc) is 2.71. The first-order chi connectivity index (χ1) is 15.0. The Kier molecular flexibility index (Phi) is 9.30. The molecule has 1 N–H and O–H groups in total. The molecule has 0 heterocycles. The highest BCUT2D eigenvalue weighted by Crippen LogP contribution is 2.38. The van der Waals surface area contributed by atoms with Crippen molar-refractivity contribution in [2.24, 2.45) is 0 Å². The number of hydrogen-bond acceptors (Lipinski definition) is 4. The molecule has 0 bridgehead atoms. The quantitative estimate of drug-likeness (QED) is 0.270. The van der Waals surface area contributed by atoms with Crippen molar-refractivity contribution in [3.8, 4) is 11.5 Å². The standard InChI is InChI=1S/C21H16BrCl2F3O5/c1-30-11-15(20(28)29)14-5-3-2-4-12(14)10-32-13-8-16(23)19(17(24)9-13)31-7-6-18(22)21(25,26)27/h2-6,8-9,11H,7,10H2,1H3,(H,28,29). The van der Waals surface area contributed by atoms with Gasteiger partial charge >= 0.3 is 12.1 Å². The Hall–Kier alpha value is -2.36. The van der Waals surface area contributed by atoms with Gasteiger partial charge < -0.3 is 19.3 Å². The number of carboxylic acids is 1. The summed E-state index contributed by atoms with van der Waals surface area (Å²) in [5.74, 6) is -0.920. The second-order valence-corrected chi connectivity index (χ2v) is 7.76. The van der Waals surface area contributed by atoms with Gasteiger partial charge in [-0.15, -0.1) is 0 Å². The molecule has 2 aromatic carbocycles. The van der Waals surface area contributed by atoms with Crippen LogP contribution >= 0.6 is 39.1 Å². The first-order valence-electron chi connectivity index (χ1n) is 8.76. The highest BCUT2D eigenvalue weighted by atomic mass is 79.9. The summed E-state index contributed by atoms with van der Waals surface area (Å²) in [5.41, 5.74) is 0.915. The van der Waals surface area contributed by atoms with Crippen LogP contribution in [-0.2, 0) is 16.1 Å². The van der Waals surface area contributed by atoms with E-state index >= 15 is 0 Å². The van der Waals surface area contributed by atoms with Crippen LogP contribution in [-0.4, -0.2) is 31.0 Å². The van der Waals surface area contributed by atoms with E-state index in [-0.39, 0.29) is 33.7 Å².